The predicted molar refractivity (Wildman–Crippen MR) is 109 cm³/mol. The maximum absolute atomic E-state index is 13.4. The molecular formula is C23H23F4N3O. The van der Waals surface area contributed by atoms with Gasteiger partial charge in [-0.25, -0.2) is 4.39 Å². The first-order valence-electron chi connectivity index (χ1n) is 10.0. The van der Waals surface area contributed by atoms with Gasteiger partial charge in [-0.1, -0.05) is 18.2 Å². The van der Waals surface area contributed by atoms with E-state index in [1.54, 1.807) is 24.4 Å². The van der Waals surface area contributed by atoms with Crippen LogP contribution >= 0.6 is 0 Å². The standard InChI is InChI=1S/C15H16F3N3O.C6H5F.C2H2/c16-15(17,18)13-11(22-8-10-3-4-10)5-6-21-12(7-9-1-2-9)19-20-14(13)21;7-6-4-2-1-3-5-6;1-2/h5-6,9-10H,1-4,7-8H2;1-5H;1-2H. The normalized spacial score (nSPS) is 15.4. The molecule has 2 aliphatic carbocycles. The predicted octanol–water partition coefficient (Wildman–Crippen LogP) is 5.56. The Bertz CT molecular complexity index is 1010. The van der Waals surface area contributed by atoms with Crippen LogP contribution in [0.3, 0.4) is 0 Å². The van der Waals surface area contributed by atoms with Crippen molar-refractivity contribution < 1.29 is 22.3 Å². The van der Waals surface area contributed by atoms with Crippen molar-refractivity contribution in [1.82, 2.24) is 14.6 Å². The molecule has 2 aromatic heterocycles. The van der Waals surface area contributed by atoms with Crippen molar-refractivity contribution in [3.05, 3.63) is 59.8 Å². The Balaban J connectivity index is 0.000000256. The molecular weight excluding hydrogens is 410 g/mol. The van der Waals surface area contributed by atoms with Gasteiger partial charge in [-0.2, -0.15) is 13.2 Å². The Morgan fingerprint density at radius 3 is 2.13 bits per heavy atom. The summed E-state index contributed by atoms with van der Waals surface area (Å²) in [5, 5.41) is 7.74. The van der Waals surface area contributed by atoms with Crippen molar-refractivity contribution in [2.45, 2.75) is 38.3 Å². The second kappa shape index (κ2) is 9.82. The number of hydrogen-bond donors (Lipinski definition) is 0. The molecule has 2 heterocycles. The van der Waals surface area contributed by atoms with E-state index < -0.39 is 11.7 Å². The lowest BCUT2D eigenvalue weighted by Crippen LogP contribution is -2.13. The molecule has 4 nitrogen and oxygen atoms in total. The van der Waals surface area contributed by atoms with E-state index in [0.29, 0.717) is 30.7 Å². The Morgan fingerprint density at radius 1 is 0.968 bits per heavy atom. The van der Waals surface area contributed by atoms with Crippen molar-refractivity contribution in [2.24, 2.45) is 11.8 Å². The van der Waals surface area contributed by atoms with Crippen molar-refractivity contribution in [1.29, 1.82) is 0 Å². The van der Waals surface area contributed by atoms with E-state index in [1.807, 2.05) is 0 Å². The van der Waals surface area contributed by atoms with Gasteiger partial charge in [0.15, 0.2) is 5.65 Å². The topological polar surface area (TPSA) is 39.4 Å². The number of hydrogen-bond acceptors (Lipinski definition) is 3. The smallest absolute Gasteiger partial charge is 0.423 e. The molecule has 0 spiro atoms. The van der Waals surface area contributed by atoms with Crippen LogP contribution < -0.4 is 4.74 Å². The van der Waals surface area contributed by atoms with Crippen molar-refractivity contribution in [2.75, 3.05) is 6.61 Å². The average molecular weight is 433 g/mol. The molecule has 2 saturated carbocycles. The second-order valence-electron chi connectivity index (χ2n) is 7.56. The van der Waals surface area contributed by atoms with E-state index in [2.05, 4.69) is 23.0 Å². The molecule has 0 aliphatic heterocycles. The zero-order valence-corrected chi connectivity index (χ0v) is 16.9. The van der Waals surface area contributed by atoms with Gasteiger partial charge in [-0.05, 0) is 55.7 Å². The van der Waals surface area contributed by atoms with Crippen LogP contribution in [0.4, 0.5) is 17.6 Å². The third kappa shape index (κ3) is 6.20. The van der Waals surface area contributed by atoms with Crippen LogP contribution in [0.2, 0.25) is 0 Å². The van der Waals surface area contributed by atoms with E-state index in [-0.39, 0.29) is 17.2 Å². The Morgan fingerprint density at radius 2 is 1.61 bits per heavy atom. The van der Waals surface area contributed by atoms with Gasteiger partial charge in [0.05, 0.1) is 6.61 Å². The van der Waals surface area contributed by atoms with Gasteiger partial charge in [-0.3, -0.25) is 4.40 Å². The maximum Gasteiger partial charge on any atom is 0.423 e. The number of alkyl halides is 3. The maximum atomic E-state index is 13.4. The minimum absolute atomic E-state index is 0.141. The van der Waals surface area contributed by atoms with Crippen LogP contribution in [-0.2, 0) is 12.6 Å². The molecule has 0 radical (unpaired) electrons. The molecule has 2 fully saturated rings. The third-order valence-corrected chi connectivity index (χ3v) is 4.97. The van der Waals surface area contributed by atoms with Gasteiger partial charge in [0, 0.05) is 12.6 Å². The highest BCUT2D eigenvalue weighted by molar-refractivity contribution is 5.56. The van der Waals surface area contributed by atoms with Gasteiger partial charge in [0.25, 0.3) is 0 Å². The molecule has 0 bridgehead atoms. The number of rotatable bonds is 5. The third-order valence-electron chi connectivity index (χ3n) is 4.97. The Kier molecular flexibility index (Phi) is 7.16. The lowest BCUT2D eigenvalue weighted by atomic mass is 10.2. The summed E-state index contributed by atoms with van der Waals surface area (Å²) in [6.45, 7) is 0.336. The van der Waals surface area contributed by atoms with E-state index in [9.17, 15) is 17.6 Å². The minimum Gasteiger partial charge on any atom is -0.492 e. The number of nitrogens with zero attached hydrogens (tertiary/aromatic N) is 3. The minimum atomic E-state index is -4.51. The van der Waals surface area contributed by atoms with Crippen LogP contribution in [0.25, 0.3) is 5.65 Å². The molecule has 0 atom stereocenters. The first-order chi connectivity index (χ1) is 14.9. The number of ether oxygens (including phenoxy) is 1. The van der Waals surface area contributed by atoms with Gasteiger partial charge < -0.3 is 4.74 Å². The fraction of sp³-hybridized carbons (Fsp3) is 0.391. The lowest BCUT2D eigenvalue weighted by Gasteiger charge is -2.14. The van der Waals surface area contributed by atoms with Crippen LogP contribution in [0.15, 0.2) is 42.6 Å². The fourth-order valence-electron chi connectivity index (χ4n) is 3.00. The highest BCUT2D eigenvalue weighted by atomic mass is 19.4. The lowest BCUT2D eigenvalue weighted by molar-refractivity contribution is -0.138. The van der Waals surface area contributed by atoms with Gasteiger partial charge in [-0.15, -0.1) is 23.0 Å². The monoisotopic (exact) mass is 433 g/mol. The van der Waals surface area contributed by atoms with Crippen molar-refractivity contribution >= 4 is 5.65 Å². The van der Waals surface area contributed by atoms with Crippen LogP contribution in [0, 0.1) is 30.5 Å². The van der Waals surface area contributed by atoms with Crippen molar-refractivity contribution in [3.63, 3.8) is 0 Å². The summed E-state index contributed by atoms with van der Waals surface area (Å²) in [6, 6.07) is 9.33. The highest BCUT2D eigenvalue weighted by Gasteiger charge is 2.39. The summed E-state index contributed by atoms with van der Waals surface area (Å²) in [5.41, 5.74) is -0.971. The number of halogens is 4. The molecule has 8 heteroatoms. The second-order valence-corrected chi connectivity index (χ2v) is 7.56. The number of fused-ring (bicyclic) bond motifs is 1. The molecule has 0 saturated heterocycles. The first kappa shape index (κ1) is 22.6. The van der Waals surface area contributed by atoms with Crippen molar-refractivity contribution in [3.8, 4) is 18.6 Å². The molecule has 0 unspecified atom stereocenters. The van der Waals surface area contributed by atoms with E-state index in [4.69, 9.17) is 4.74 Å². The zero-order valence-electron chi connectivity index (χ0n) is 16.9. The molecule has 1 aromatic carbocycles. The number of pyridine rings is 1. The van der Waals surface area contributed by atoms with E-state index >= 15 is 0 Å². The molecule has 0 N–H and O–H groups in total. The summed E-state index contributed by atoms with van der Waals surface area (Å²) in [6.07, 6.45) is 10.0. The Labute approximate surface area is 178 Å². The number of terminal acetylenes is 1. The quantitative estimate of drug-likeness (QED) is 0.390. The Hall–Kier alpha value is -3.08. The summed E-state index contributed by atoms with van der Waals surface area (Å²) >= 11 is 0. The molecule has 164 valence electrons. The first-order valence-corrected chi connectivity index (χ1v) is 10.0. The molecule has 3 aromatic rings. The van der Waals surface area contributed by atoms with E-state index in [1.165, 1.54) is 22.6 Å². The van der Waals surface area contributed by atoms with Gasteiger partial charge >= 0.3 is 6.18 Å². The van der Waals surface area contributed by atoms with Crippen LogP contribution in [0.1, 0.15) is 37.1 Å². The summed E-state index contributed by atoms with van der Waals surface area (Å²) in [4.78, 5) is 0. The number of aromatic nitrogens is 3. The van der Waals surface area contributed by atoms with Crippen LogP contribution in [0.5, 0.6) is 5.75 Å². The largest absolute Gasteiger partial charge is 0.492 e. The summed E-state index contributed by atoms with van der Waals surface area (Å²) in [7, 11) is 0. The summed E-state index contributed by atoms with van der Waals surface area (Å²) in [5.74, 6) is 1.20. The molecule has 2 aliphatic rings. The fourth-order valence-corrected chi connectivity index (χ4v) is 3.00. The SMILES string of the molecule is C#C.FC(F)(F)c1c(OCC2CC2)ccn2c(CC3CC3)nnc12.Fc1ccccc1. The van der Waals surface area contributed by atoms with E-state index in [0.717, 1.165) is 25.7 Å². The molecule has 5 rings (SSSR count). The summed E-state index contributed by atoms with van der Waals surface area (Å²) < 4.78 is 59.1. The van der Waals surface area contributed by atoms with Crippen LogP contribution in [-0.4, -0.2) is 21.2 Å². The molecule has 0 amide bonds. The zero-order chi connectivity index (χ0) is 22.4. The highest BCUT2D eigenvalue weighted by Crippen LogP contribution is 2.40. The van der Waals surface area contributed by atoms with Gasteiger partial charge in [0.1, 0.15) is 23.0 Å². The molecule has 31 heavy (non-hydrogen) atoms. The number of benzene rings is 1. The average Bonchev–Trinajstić information content (AvgIpc) is 3.68. The van der Waals surface area contributed by atoms with Gasteiger partial charge in [0.2, 0.25) is 0 Å².